The first-order chi connectivity index (χ1) is 14.2. The first-order valence-corrected chi connectivity index (χ1v) is 11.2. The molecule has 0 aromatic heterocycles. The summed E-state index contributed by atoms with van der Waals surface area (Å²) < 4.78 is 40.3. The van der Waals surface area contributed by atoms with E-state index >= 15 is 0 Å². The van der Waals surface area contributed by atoms with Crippen molar-refractivity contribution in [3.63, 3.8) is 0 Å². The zero-order valence-corrected chi connectivity index (χ0v) is 17.6. The molecule has 9 heteroatoms. The zero-order valence-electron chi connectivity index (χ0n) is 16.8. The van der Waals surface area contributed by atoms with E-state index in [0.717, 1.165) is 0 Å². The van der Waals surface area contributed by atoms with E-state index in [0.29, 0.717) is 17.8 Å². The van der Waals surface area contributed by atoms with Crippen molar-refractivity contribution < 1.29 is 22.4 Å². The lowest BCUT2D eigenvalue weighted by atomic mass is 10.1. The molecule has 0 bridgehead atoms. The Hall–Kier alpha value is -2.78. The molecule has 2 aromatic carbocycles. The van der Waals surface area contributed by atoms with E-state index in [-0.39, 0.29) is 35.7 Å². The minimum atomic E-state index is -3.62. The number of nitrogens with one attached hydrogen (secondary N) is 2. The van der Waals surface area contributed by atoms with E-state index in [1.54, 1.807) is 6.92 Å². The number of amides is 2. The largest absolute Gasteiger partial charge is 0.326 e. The highest BCUT2D eigenvalue weighted by atomic mass is 32.2. The van der Waals surface area contributed by atoms with Crippen molar-refractivity contribution in [2.45, 2.75) is 37.6 Å². The molecular weight excluding hydrogens is 409 g/mol. The van der Waals surface area contributed by atoms with Gasteiger partial charge in [0.2, 0.25) is 21.8 Å². The normalized spacial score (nSPS) is 17.8. The second-order valence-corrected chi connectivity index (χ2v) is 9.04. The Morgan fingerprint density at radius 1 is 1.17 bits per heavy atom. The number of rotatable bonds is 7. The number of carbonyl (C=O) groups is 2. The van der Waals surface area contributed by atoms with E-state index < -0.39 is 21.8 Å². The Labute approximate surface area is 175 Å². The van der Waals surface area contributed by atoms with E-state index in [1.165, 1.54) is 53.4 Å². The predicted molar refractivity (Wildman–Crippen MR) is 112 cm³/mol. The van der Waals surface area contributed by atoms with Crippen LogP contribution in [0, 0.1) is 11.7 Å². The minimum Gasteiger partial charge on any atom is -0.326 e. The maximum Gasteiger partial charge on any atom is 0.240 e. The molecule has 1 aliphatic rings. The van der Waals surface area contributed by atoms with E-state index in [2.05, 4.69) is 10.0 Å². The molecule has 0 unspecified atom stereocenters. The van der Waals surface area contributed by atoms with Gasteiger partial charge in [-0.2, -0.15) is 0 Å². The van der Waals surface area contributed by atoms with Gasteiger partial charge in [0, 0.05) is 30.4 Å². The number of halogens is 1. The van der Waals surface area contributed by atoms with Crippen LogP contribution in [-0.4, -0.2) is 32.8 Å². The van der Waals surface area contributed by atoms with Crippen LogP contribution >= 0.6 is 0 Å². The molecule has 30 heavy (non-hydrogen) atoms. The lowest BCUT2D eigenvalue weighted by molar-refractivity contribution is -0.122. The average molecular weight is 434 g/mol. The number of hydrogen-bond acceptors (Lipinski definition) is 4. The zero-order chi connectivity index (χ0) is 21.9. The molecule has 0 saturated carbocycles. The van der Waals surface area contributed by atoms with Gasteiger partial charge in [0.25, 0.3) is 0 Å². The third-order valence-corrected chi connectivity index (χ3v) is 6.64. The van der Waals surface area contributed by atoms with Crippen LogP contribution in [0.15, 0.2) is 53.4 Å². The molecule has 1 saturated heterocycles. The summed E-state index contributed by atoms with van der Waals surface area (Å²) in [7, 11) is -3.62. The number of sulfonamides is 1. The van der Waals surface area contributed by atoms with E-state index in [4.69, 9.17) is 0 Å². The number of anilines is 2. The Balaban J connectivity index is 1.63. The SMILES string of the molecule is CC[C@H](C)NS(=O)(=O)c1ccc(NC(=O)[C@H]2CC(=O)N(c3ccc(F)cc3)C2)cc1. The van der Waals surface area contributed by atoms with Gasteiger partial charge in [0.1, 0.15) is 5.82 Å². The molecule has 2 amide bonds. The summed E-state index contributed by atoms with van der Waals surface area (Å²) in [5.74, 6) is -1.50. The molecule has 7 nitrogen and oxygen atoms in total. The van der Waals surface area contributed by atoms with Gasteiger partial charge in [-0.3, -0.25) is 9.59 Å². The second-order valence-electron chi connectivity index (χ2n) is 7.33. The molecule has 0 spiro atoms. The van der Waals surface area contributed by atoms with Crippen molar-refractivity contribution >= 4 is 33.2 Å². The Morgan fingerprint density at radius 2 is 1.80 bits per heavy atom. The highest BCUT2D eigenvalue weighted by molar-refractivity contribution is 7.89. The van der Waals surface area contributed by atoms with Crippen LogP contribution in [0.25, 0.3) is 0 Å². The monoisotopic (exact) mass is 433 g/mol. The molecule has 2 N–H and O–H groups in total. The summed E-state index contributed by atoms with van der Waals surface area (Å²) in [4.78, 5) is 26.4. The summed E-state index contributed by atoms with van der Waals surface area (Å²) >= 11 is 0. The summed E-state index contributed by atoms with van der Waals surface area (Å²) in [6.45, 7) is 3.86. The standard InChI is InChI=1S/C21H24FN3O4S/c1-3-14(2)24-30(28,29)19-10-6-17(7-11-19)23-21(27)15-12-20(26)25(13-15)18-8-4-16(22)5-9-18/h4-11,14-15,24H,3,12-13H2,1-2H3,(H,23,27)/t14-,15-/m0/s1. The van der Waals surface area contributed by atoms with Crippen LogP contribution in [0.2, 0.25) is 0 Å². The van der Waals surface area contributed by atoms with Crippen LogP contribution in [-0.2, 0) is 19.6 Å². The van der Waals surface area contributed by atoms with Crippen molar-refractivity contribution in [2.24, 2.45) is 5.92 Å². The molecule has 1 heterocycles. The van der Waals surface area contributed by atoms with Gasteiger partial charge in [-0.15, -0.1) is 0 Å². The number of benzene rings is 2. The van der Waals surface area contributed by atoms with Gasteiger partial charge in [0.05, 0.1) is 10.8 Å². The summed E-state index contributed by atoms with van der Waals surface area (Å²) in [5, 5.41) is 2.72. The van der Waals surface area contributed by atoms with Gasteiger partial charge in [0.15, 0.2) is 0 Å². The third-order valence-electron chi connectivity index (χ3n) is 5.03. The van der Waals surface area contributed by atoms with Gasteiger partial charge in [-0.1, -0.05) is 6.92 Å². The predicted octanol–water partition coefficient (Wildman–Crippen LogP) is 2.89. The van der Waals surface area contributed by atoms with Crippen LogP contribution in [0.3, 0.4) is 0 Å². The van der Waals surface area contributed by atoms with Crippen molar-refractivity contribution in [3.8, 4) is 0 Å². The molecule has 1 aliphatic heterocycles. The van der Waals surface area contributed by atoms with Crippen molar-refractivity contribution in [3.05, 3.63) is 54.3 Å². The molecule has 2 atom stereocenters. The Morgan fingerprint density at radius 3 is 2.40 bits per heavy atom. The van der Waals surface area contributed by atoms with Gasteiger partial charge >= 0.3 is 0 Å². The molecule has 3 rings (SSSR count). The third kappa shape index (κ3) is 5.03. The first-order valence-electron chi connectivity index (χ1n) is 9.69. The quantitative estimate of drug-likeness (QED) is 0.702. The van der Waals surface area contributed by atoms with Gasteiger partial charge in [-0.25, -0.2) is 17.5 Å². The number of carbonyl (C=O) groups excluding carboxylic acids is 2. The van der Waals surface area contributed by atoms with E-state index in [9.17, 15) is 22.4 Å². The summed E-state index contributed by atoms with van der Waals surface area (Å²) in [6.07, 6.45) is 0.719. The summed E-state index contributed by atoms with van der Waals surface area (Å²) in [5.41, 5.74) is 0.982. The van der Waals surface area contributed by atoms with Crippen molar-refractivity contribution in [2.75, 3.05) is 16.8 Å². The fourth-order valence-electron chi connectivity index (χ4n) is 3.13. The molecule has 1 fully saturated rings. The average Bonchev–Trinajstić information content (AvgIpc) is 3.10. The Bertz CT molecular complexity index is 1020. The van der Waals surface area contributed by atoms with Crippen molar-refractivity contribution in [1.29, 1.82) is 0 Å². The molecule has 0 radical (unpaired) electrons. The van der Waals surface area contributed by atoms with Crippen molar-refractivity contribution in [1.82, 2.24) is 4.72 Å². The fraction of sp³-hybridized carbons (Fsp3) is 0.333. The van der Waals surface area contributed by atoms with Crippen LogP contribution in [0.1, 0.15) is 26.7 Å². The van der Waals surface area contributed by atoms with Crippen LogP contribution in [0.5, 0.6) is 0 Å². The minimum absolute atomic E-state index is 0.0501. The molecule has 160 valence electrons. The second kappa shape index (κ2) is 8.93. The molecule has 0 aliphatic carbocycles. The lowest BCUT2D eigenvalue weighted by Gasteiger charge is -2.17. The topological polar surface area (TPSA) is 95.6 Å². The van der Waals surface area contributed by atoms with E-state index in [1.807, 2.05) is 6.92 Å². The lowest BCUT2D eigenvalue weighted by Crippen LogP contribution is -2.32. The van der Waals surface area contributed by atoms with Gasteiger partial charge in [-0.05, 0) is 61.9 Å². The highest BCUT2D eigenvalue weighted by Gasteiger charge is 2.35. The number of nitrogens with zero attached hydrogens (tertiary/aromatic N) is 1. The van der Waals surface area contributed by atoms with Crippen LogP contribution < -0.4 is 14.9 Å². The molecule has 2 aromatic rings. The first kappa shape index (κ1) is 21.9. The maximum absolute atomic E-state index is 13.1. The smallest absolute Gasteiger partial charge is 0.240 e. The van der Waals surface area contributed by atoms with Crippen LogP contribution in [0.4, 0.5) is 15.8 Å². The fourth-order valence-corrected chi connectivity index (χ4v) is 4.46. The molecular formula is C21H24FN3O4S. The number of hydrogen-bond donors (Lipinski definition) is 2. The highest BCUT2D eigenvalue weighted by Crippen LogP contribution is 2.26. The maximum atomic E-state index is 13.1. The van der Waals surface area contributed by atoms with Gasteiger partial charge < -0.3 is 10.2 Å². The Kier molecular flexibility index (Phi) is 6.52. The summed E-state index contributed by atoms with van der Waals surface area (Å²) in [6, 6.07) is 11.2.